The monoisotopic (exact) mass is 310 g/mol. The van der Waals surface area contributed by atoms with E-state index in [1.165, 1.54) is 11.1 Å². The molecule has 0 aliphatic carbocycles. The maximum Gasteiger partial charge on any atom is 0.0929 e. The van der Waals surface area contributed by atoms with Gasteiger partial charge >= 0.3 is 0 Å². The molecule has 0 bridgehead atoms. The average Bonchev–Trinajstić information content (AvgIpc) is 2.94. The van der Waals surface area contributed by atoms with Crippen LogP contribution in [0.3, 0.4) is 0 Å². The van der Waals surface area contributed by atoms with Gasteiger partial charge in [-0.25, -0.2) is 0 Å². The molecule has 0 saturated heterocycles. The standard InChI is InChI=1S/C19H19ClN2/c1-13(2)22-19(16-6-4-14(3)5-7-16)12-18(21-22)15-8-10-17(20)11-9-15/h4-13H,1-3H3. The first-order valence-corrected chi connectivity index (χ1v) is 7.85. The van der Waals surface area contributed by atoms with E-state index in [1.807, 2.05) is 24.3 Å². The van der Waals surface area contributed by atoms with Crippen LogP contribution in [0.1, 0.15) is 25.5 Å². The minimum atomic E-state index is 0.303. The predicted molar refractivity (Wildman–Crippen MR) is 93.2 cm³/mol. The third kappa shape index (κ3) is 2.93. The van der Waals surface area contributed by atoms with Crippen molar-refractivity contribution in [1.29, 1.82) is 0 Å². The Balaban J connectivity index is 2.09. The largest absolute Gasteiger partial charge is 0.262 e. The summed E-state index contributed by atoms with van der Waals surface area (Å²) < 4.78 is 2.08. The molecule has 0 atom stereocenters. The molecule has 0 saturated carbocycles. The van der Waals surface area contributed by atoms with Crippen LogP contribution >= 0.6 is 11.6 Å². The number of hydrogen-bond donors (Lipinski definition) is 0. The van der Waals surface area contributed by atoms with Crippen LogP contribution in [0, 0.1) is 6.92 Å². The molecule has 0 N–H and O–H groups in total. The third-order valence-corrected chi connectivity index (χ3v) is 3.96. The fraction of sp³-hybridized carbons (Fsp3) is 0.211. The second-order valence-corrected chi connectivity index (χ2v) is 6.26. The molecule has 3 rings (SSSR count). The van der Waals surface area contributed by atoms with Crippen molar-refractivity contribution >= 4 is 11.6 Å². The van der Waals surface area contributed by atoms with Gasteiger partial charge in [-0.3, -0.25) is 4.68 Å². The fourth-order valence-electron chi connectivity index (χ4n) is 2.49. The van der Waals surface area contributed by atoms with Crippen LogP contribution in [0.2, 0.25) is 5.02 Å². The lowest BCUT2D eigenvalue weighted by Crippen LogP contribution is -2.04. The summed E-state index contributed by atoms with van der Waals surface area (Å²) in [6.45, 7) is 6.40. The first-order valence-electron chi connectivity index (χ1n) is 7.47. The second kappa shape index (κ2) is 5.98. The Kier molecular flexibility index (Phi) is 4.04. The number of rotatable bonds is 3. The van der Waals surface area contributed by atoms with Gasteiger partial charge in [-0.05, 0) is 44.5 Å². The highest BCUT2D eigenvalue weighted by Crippen LogP contribution is 2.29. The molecule has 1 heterocycles. The molecule has 3 aromatic rings. The van der Waals surface area contributed by atoms with E-state index in [9.17, 15) is 0 Å². The molecule has 0 aliphatic rings. The molecule has 3 heteroatoms. The van der Waals surface area contributed by atoms with Crippen molar-refractivity contribution < 1.29 is 0 Å². The van der Waals surface area contributed by atoms with E-state index in [0.29, 0.717) is 6.04 Å². The van der Waals surface area contributed by atoms with Gasteiger partial charge in [0.2, 0.25) is 0 Å². The lowest BCUT2D eigenvalue weighted by Gasteiger charge is -2.11. The number of aromatic nitrogens is 2. The van der Waals surface area contributed by atoms with E-state index >= 15 is 0 Å². The molecule has 0 amide bonds. The van der Waals surface area contributed by atoms with Crippen molar-refractivity contribution in [2.75, 3.05) is 0 Å². The van der Waals surface area contributed by atoms with Crippen molar-refractivity contribution in [3.8, 4) is 22.5 Å². The normalized spacial score (nSPS) is 11.1. The number of benzene rings is 2. The average molecular weight is 311 g/mol. The summed E-state index contributed by atoms with van der Waals surface area (Å²) in [5, 5.41) is 5.52. The summed E-state index contributed by atoms with van der Waals surface area (Å²) >= 11 is 5.97. The van der Waals surface area contributed by atoms with E-state index in [0.717, 1.165) is 22.0 Å². The van der Waals surface area contributed by atoms with Gasteiger partial charge < -0.3 is 0 Å². The molecule has 0 fully saturated rings. The first-order chi connectivity index (χ1) is 10.5. The van der Waals surface area contributed by atoms with Gasteiger partial charge in [0, 0.05) is 16.6 Å². The Bertz CT molecular complexity index is 768. The molecule has 22 heavy (non-hydrogen) atoms. The highest BCUT2D eigenvalue weighted by atomic mass is 35.5. The highest BCUT2D eigenvalue weighted by molar-refractivity contribution is 6.30. The summed E-state index contributed by atoms with van der Waals surface area (Å²) in [7, 11) is 0. The van der Waals surface area contributed by atoms with Crippen LogP contribution in [0.5, 0.6) is 0 Å². The molecule has 0 radical (unpaired) electrons. The van der Waals surface area contributed by atoms with Crippen molar-refractivity contribution in [1.82, 2.24) is 9.78 Å². The van der Waals surface area contributed by atoms with E-state index in [4.69, 9.17) is 16.7 Å². The molecule has 1 aromatic heterocycles. The Morgan fingerprint density at radius 1 is 0.909 bits per heavy atom. The van der Waals surface area contributed by atoms with E-state index < -0.39 is 0 Å². The zero-order valence-corrected chi connectivity index (χ0v) is 13.8. The van der Waals surface area contributed by atoms with Gasteiger partial charge in [-0.2, -0.15) is 5.10 Å². The predicted octanol–water partition coefficient (Wildman–Crippen LogP) is 5.76. The van der Waals surface area contributed by atoms with Crippen molar-refractivity contribution in [3.63, 3.8) is 0 Å². The van der Waals surface area contributed by atoms with Gasteiger partial charge in [-0.15, -0.1) is 0 Å². The van der Waals surface area contributed by atoms with Gasteiger partial charge in [0.1, 0.15) is 0 Å². The van der Waals surface area contributed by atoms with Crippen LogP contribution in [-0.4, -0.2) is 9.78 Å². The van der Waals surface area contributed by atoms with Crippen molar-refractivity contribution in [3.05, 3.63) is 65.2 Å². The Morgan fingerprint density at radius 2 is 1.50 bits per heavy atom. The van der Waals surface area contributed by atoms with Crippen LogP contribution in [0.4, 0.5) is 0 Å². The molecule has 112 valence electrons. The van der Waals surface area contributed by atoms with Gasteiger partial charge in [0.05, 0.1) is 11.4 Å². The van der Waals surface area contributed by atoms with E-state index in [1.54, 1.807) is 0 Å². The number of halogens is 1. The quantitative estimate of drug-likeness (QED) is 0.601. The topological polar surface area (TPSA) is 17.8 Å². The molecule has 2 aromatic carbocycles. The Morgan fingerprint density at radius 3 is 2.09 bits per heavy atom. The third-order valence-electron chi connectivity index (χ3n) is 3.71. The molecular weight excluding hydrogens is 292 g/mol. The number of aryl methyl sites for hydroxylation is 1. The summed E-state index contributed by atoms with van der Waals surface area (Å²) in [5.41, 5.74) is 5.64. The van der Waals surface area contributed by atoms with Crippen LogP contribution in [-0.2, 0) is 0 Å². The van der Waals surface area contributed by atoms with E-state index in [2.05, 4.69) is 55.8 Å². The maximum atomic E-state index is 5.97. The van der Waals surface area contributed by atoms with Crippen molar-refractivity contribution in [2.24, 2.45) is 0 Å². The van der Waals surface area contributed by atoms with Gasteiger partial charge in [-0.1, -0.05) is 53.6 Å². The minimum absolute atomic E-state index is 0.303. The van der Waals surface area contributed by atoms with Crippen LogP contribution in [0.25, 0.3) is 22.5 Å². The van der Waals surface area contributed by atoms with Gasteiger partial charge in [0.15, 0.2) is 0 Å². The zero-order valence-electron chi connectivity index (χ0n) is 13.0. The summed E-state index contributed by atoms with van der Waals surface area (Å²) in [6, 6.07) is 18.8. The Labute approximate surface area is 136 Å². The van der Waals surface area contributed by atoms with Crippen molar-refractivity contribution in [2.45, 2.75) is 26.8 Å². The van der Waals surface area contributed by atoms with Gasteiger partial charge in [0.25, 0.3) is 0 Å². The van der Waals surface area contributed by atoms with Crippen LogP contribution < -0.4 is 0 Å². The number of hydrogen-bond acceptors (Lipinski definition) is 1. The summed E-state index contributed by atoms with van der Waals surface area (Å²) in [5.74, 6) is 0. The zero-order chi connectivity index (χ0) is 15.7. The first kappa shape index (κ1) is 14.9. The lowest BCUT2D eigenvalue weighted by molar-refractivity contribution is 0.540. The number of nitrogens with zero attached hydrogens (tertiary/aromatic N) is 2. The summed E-state index contributed by atoms with van der Waals surface area (Å²) in [4.78, 5) is 0. The second-order valence-electron chi connectivity index (χ2n) is 5.83. The molecule has 0 unspecified atom stereocenters. The maximum absolute atomic E-state index is 5.97. The minimum Gasteiger partial charge on any atom is -0.262 e. The summed E-state index contributed by atoms with van der Waals surface area (Å²) in [6.07, 6.45) is 0. The molecule has 0 spiro atoms. The highest BCUT2D eigenvalue weighted by Gasteiger charge is 2.13. The fourth-order valence-corrected chi connectivity index (χ4v) is 2.62. The van der Waals surface area contributed by atoms with Crippen LogP contribution in [0.15, 0.2) is 54.6 Å². The molecule has 0 aliphatic heterocycles. The smallest absolute Gasteiger partial charge is 0.0929 e. The molecular formula is C19H19ClN2. The van der Waals surface area contributed by atoms with E-state index in [-0.39, 0.29) is 0 Å². The SMILES string of the molecule is Cc1ccc(-c2cc(-c3ccc(Cl)cc3)nn2C(C)C)cc1. The molecule has 2 nitrogen and oxygen atoms in total. The lowest BCUT2D eigenvalue weighted by atomic mass is 10.1. The Hall–Kier alpha value is -2.06.